The van der Waals surface area contributed by atoms with Crippen molar-refractivity contribution in [2.45, 2.75) is 84.5 Å². The summed E-state index contributed by atoms with van der Waals surface area (Å²) in [4.78, 5) is 0. The van der Waals surface area contributed by atoms with Gasteiger partial charge < -0.3 is 0 Å². The van der Waals surface area contributed by atoms with Crippen molar-refractivity contribution in [3.63, 3.8) is 0 Å². The summed E-state index contributed by atoms with van der Waals surface area (Å²) in [6, 6.07) is 9.61. The van der Waals surface area contributed by atoms with E-state index in [0.29, 0.717) is 0 Å². The van der Waals surface area contributed by atoms with Crippen LogP contribution in [0.25, 0.3) is 0 Å². The van der Waals surface area contributed by atoms with Crippen molar-refractivity contribution in [3.8, 4) is 0 Å². The fourth-order valence-electron chi connectivity index (χ4n) is 4.18. The summed E-state index contributed by atoms with van der Waals surface area (Å²) in [5.41, 5.74) is 3.12. The highest BCUT2D eigenvalue weighted by Crippen LogP contribution is 2.41. The van der Waals surface area contributed by atoms with E-state index in [0.717, 1.165) is 17.8 Å². The van der Waals surface area contributed by atoms with Gasteiger partial charge in [0, 0.05) is 0 Å². The average Bonchev–Trinajstić information content (AvgIpc) is 2.49. The van der Waals surface area contributed by atoms with Crippen LogP contribution < -0.4 is 0 Å². The maximum absolute atomic E-state index is 2.47. The van der Waals surface area contributed by atoms with E-state index >= 15 is 0 Å². The van der Waals surface area contributed by atoms with E-state index in [1.54, 1.807) is 5.56 Å². The molecule has 0 nitrogen and oxygen atoms in total. The van der Waals surface area contributed by atoms with Gasteiger partial charge in [-0.25, -0.2) is 0 Å². The summed E-state index contributed by atoms with van der Waals surface area (Å²) in [5.74, 6) is 2.67. The number of benzene rings is 1. The molecule has 1 aliphatic rings. The SMILES string of the molecule is CCCCCc1ccc([C@H]2CC[C@H](CCC)C[C@H]2C)cc1. The van der Waals surface area contributed by atoms with Gasteiger partial charge in [-0.05, 0) is 61.0 Å². The molecule has 1 saturated carbocycles. The van der Waals surface area contributed by atoms with Crippen molar-refractivity contribution < 1.29 is 0 Å². The fourth-order valence-corrected chi connectivity index (χ4v) is 4.18. The molecule has 0 N–H and O–H groups in total. The molecule has 3 atom stereocenters. The molecule has 1 aromatic carbocycles. The largest absolute Gasteiger partial charge is 0.0654 e. The molecule has 0 saturated heterocycles. The third-order valence-corrected chi connectivity index (χ3v) is 5.45. The van der Waals surface area contributed by atoms with Gasteiger partial charge in [-0.1, -0.05) is 70.7 Å². The van der Waals surface area contributed by atoms with Crippen molar-refractivity contribution in [2.75, 3.05) is 0 Å². The van der Waals surface area contributed by atoms with Gasteiger partial charge in [0.05, 0.1) is 0 Å². The first-order chi connectivity index (χ1) is 10.2. The van der Waals surface area contributed by atoms with E-state index in [-0.39, 0.29) is 0 Å². The van der Waals surface area contributed by atoms with Crippen molar-refractivity contribution in [2.24, 2.45) is 11.8 Å². The predicted octanol–water partition coefficient (Wildman–Crippen LogP) is 6.74. The van der Waals surface area contributed by atoms with Crippen LogP contribution in [0.4, 0.5) is 0 Å². The standard InChI is InChI=1S/C21H34/c1-4-6-7-9-18-10-13-20(14-11-18)21-15-12-19(8-5-2)16-17(21)3/h10-11,13-14,17,19,21H,4-9,12,15-16H2,1-3H3/t17-,19+,21+/m1/s1. The van der Waals surface area contributed by atoms with Crippen LogP contribution in [0.5, 0.6) is 0 Å². The van der Waals surface area contributed by atoms with Crippen LogP contribution in [-0.4, -0.2) is 0 Å². The molecular weight excluding hydrogens is 252 g/mol. The molecule has 1 aliphatic carbocycles. The molecule has 0 heterocycles. The number of unbranched alkanes of at least 4 members (excludes halogenated alkanes) is 2. The Morgan fingerprint density at radius 2 is 1.71 bits per heavy atom. The van der Waals surface area contributed by atoms with Crippen LogP contribution in [0.15, 0.2) is 24.3 Å². The van der Waals surface area contributed by atoms with Crippen LogP contribution in [0.3, 0.4) is 0 Å². The van der Waals surface area contributed by atoms with Crippen LogP contribution >= 0.6 is 0 Å². The molecule has 0 amide bonds. The number of rotatable bonds is 7. The molecule has 0 heteroatoms. The summed E-state index contributed by atoms with van der Waals surface area (Å²) in [6.07, 6.45) is 12.4. The Labute approximate surface area is 132 Å². The molecule has 1 fully saturated rings. The molecule has 0 unspecified atom stereocenters. The number of hydrogen-bond donors (Lipinski definition) is 0. The lowest BCUT2D eigenvalue weighted by Gasteiger charge is -2.34. The molecule has 2 rings (SSSR count). The minimum absolute atomic E-state index is 0.808. The Balaban J connectivity index is 1.90. The Morgan fingerprint density at radius 3 is 2.33 bits per heavy atom. The second-order valence-electron chi connectivity index (χ2n) is 7.25. The highest BCUT2D eigenvalue weighted by atomic mass is 14.3. The van der Waals surface area contributed by atoms with Gasteiger partial charge in [-0.2, -0.15) is 0 Å². The Morgan fingerprint density at radius 1 is 0.952 bits per heavy atom. The van der Waals surface area contributed by atoms with Crippen LogP contribution in [0, 0.1) is 11.8 Å². The molecule has 0 aromatic heterocycles. The molecule has 0 aliphatic heterocycles. The number of hydrogen-bond acceptors (Lipinski definition) is 0. The molecule has 0 spiro atoms. The Hall–Kier alpha value is -0.780. The van der Waals surface area contributed by atoms with Crippen molar-refractivity contribution in [1.82, 2.24) is 0 Å². The second-order valence-corrected chi connectivity index (χ2v) is 7.25. The zero-order chi connectivity index (χ0) is 15.1. The van der Waals surface area contributed by atoms with Gasteiger partial charge in [0.15, 0.2) is 0 Å². The summed E-state index contributed by atoms with van der Waals surface area (Å²) >= 11 is 0. The minimum Gasteiger partial charge on any atom is -0.0654 e. The average molecular weight is 287 g/mol. The first-order valence-electron chi connectivity index (χ1n) is 9.33. The third kappa shape index (κ3) is 4.87. The molecule has 118 valence electrons. The third-order valence-electron chi connectivity index (χ3n) is 5.45. The maximum atomic E-state index is 2.47. The van der Waals surface area contributed by atoms with Gasteiger partial charge in [-0.3, -0.25) is 0 Å². The van der Waals surface area contributed by atoms with Gasteiger partial charge in [-0.15, -0.1) is 0 Å². The van der Waals surface area contributed by atoms with Gasteiger partial charge in [0.25, 0.3) is 0 Å². The van der Waals surface area contributed by atoms with E-state index in [9.17, 15) is 0 Å². The topological polar surface area (TPSA) is 0 Å². The fraction of sp³-hybridized carbons (Fsp3) is 0.714. The normalized spacial score (nSPS) is 26.0. The zero-order valence-corrected chi connectivity index (χ0v) is 14.4. The molecule has 21 heavy (non-hydrogen) atoms. The zero-order valence-electron chi connectivity index (χ0n) is 14.4. The lowest BCUT2D eigenvalue weighted by molar-refractivity contribution is 0.235. The molecule has 1 aromatic rings. The van der Waals surface area contributed by atoms with Gasteiger partial charge >= 0.3 is 0 Å². The van der Waals surface area contributed by atoms with Crippen LogP contribution in [0.1, 0.15) is 89.2 Å². The van der Waals surface area contributed by atoms with E-state index in [2.05, 4.69) is 45.0 Å². The van der Waals surface area contributed by atoms with Crippen molar-refractivity contribution >= 4 is 0 Å². The second kappa shape index (κ2) is 8.61. The summed E-state index contributed by atoms with van der Waals surface area (Å²) in [6.45, 7) is 7.08. The van der Waals surface area contributed by atoms with Crippen molar-refractivity contribution in [3.05, 3.63) is 35.4 Å². The summed E-state index contributed by atoms with van der Waals surface area (Å²) in [5, 5.41) is 0. The van der Waals surface area contributed by atoms with Crippen LogP contribution in [-0.2, 0) is 6.42 Å². The lowest BCUT2D eigenvalue weighted by Crippen LogP contribution is -2.21. The smallest absolute Gasteiger partial charge is 0.0136 e. The lowest BCUT2D eigenvalue weighted by atomic mass is 9.71. The predicted molar refractivity (Wildman–Crippen MR) is 93.8 cm³/mol. The van der Waals surface area contributed by atoms with E-state index < -0.39 is 0 Å². The monoisotopic (exact) mass is 286 g/mol. The first-order valence-corrected chi connectivity index (χ1v) is 9.33. The number of aryl methyl sites for hydroxylation is 1. The molecule has 0 bridgehead atoms. The van der Waals surface area contributed by atoms with Gasteiger partial charge in [0.1, 0.15) is 0 Å². The van der Waals surface area contributed by atoms with E-state index in [4.69, 9.17) is 0 Å². The highest BCUT2D eigenvalue weighted by molar-refractivity contribution is 5.26. The van der Waals surface area contributed by atoms with Crippen LogP contribution in [0.2, 0.25) is 0 Å². The van der Waals surface area contributed by atoms with E-state index in [1.165, 1.54) is 63.4 Å². The first kappa shape index (κ1) is 16.6. The Kier molecular flexibility index (Phi) is 6.80. The van der Waals surface area contributed by atoms with Gasteiger partial charge in [0.2, 0.25) is 0 Å². The molecular formula is C21H34. The Bertz CT molecular complexity index is 389. The van der Waals surface area contributed by atoms with E-state index in [1.807, 2.05) is 0 Å². The minimum atomic E-state index is 0.808. The maximum Gasteiger partial charge on any atom is -0.0136 e. The van der Waals surface area contributed by atoms with Crippen molar-refractivity contribution in [1.29, 1.82) is 0 Å². The molecule has 0 radical (unpaired) electrons. The highest BCUT2D eigenvalue weighted by Gasteiger charge is 2.27. The summed E-state index contributed by atoms with van der Waals surface area (Å²) < 4.78 is 0. The summed E-state index contributed by atoms with van der Waals surface area (Å²) in [7, 11) is 0. The quantitative estimate of drug-likeness (QED) is 0.487.